The smallest absolute Gasteiger partial charge is 0.305 e. The second-order valence-corrected chi connectivity index (χ2v) is 10.7. The van der Waals surface area contributed by atoms with E-state index in [2.05, 4.69) is 15.1 Å². The molecular weight excluding hydrogens is 543 g/mol. The van der Waals surface area contributed by atoms with E-state index in [0.29, 0.717) is 47.6 Å². The number of alkyl halides is 5. The minimum absolute atomic E-state index is 0.176. The van der Waals surface area contributed by atoms with Gasteiger partial charge in [-0.3, -0.25) is 14.4 Å². The third kappa shape index (κ3) is 5.16. The number of amides is 1. The van der Waals surface area contributed by atoms with Crippen molar-refractivity contribution in [3.63, 3.8) is 0 Å². The number of anilines is 1. The number of likely N-dealkylation sites (tertiary alicyclic amines) is 1. The Balaban J connectivity index is 1.22. The molecule has 0 atom stereocenters. The molecule has 214 valence electrons. The minimum Gasteiger partial charge on any atom is -0.305 e. The number of piperidine rings is 1. The maximum Gasteiger partial charge on any atom is 0.416 e. The number of nitrogens with zero attached hydrogens (tertiary/aromatic N) is 6. The minimum atomic E-state index is -4.45. The Morgan fingerprint density at radius 1 is 0.976 bits per heavy atom. The zero-order valence-electron chi connectivity index (χ0n) is 22.5. The predicted molar refractivity (Wildman–Crippen MR) is 143 cm³/mol. The van der Waals surface area contributed by atoms with Crippen molar-refractivity contribution < 1.29 is 26.7 Å². The first-order chi connectivity index (χ1) is 19.4. The van der Waals surface area contributed by atoms with Gasteiger partial charge >= 0.3 is 6.18 Å². The molecule has 0 saturated carbocycles. The van der Waals surface area contributed by atoms with Crippen molar-refractivity contribution >= 4 is 22.5 Å². The van der Waals surface area contributed by atoms with Crippen molar-refractivity contribution in [2.75, 3.05) is 24.5 Å². The number of hydrogen-bond acceptors (Lipinski definition) is 5. The lowest BCUT2D eigenvalue weighted by Gasteiger charge is -2.31. The molecule has 6 rings (SSSR count). The highest BCUT2D eigenvalue weighted by atomic mass is 19.4. The van der Waals surface area contributed by atoms with E-state index >= 15 is 0 Å². The summed E-state index contributed by atoms with van der Waals surface area (Å²) in [6.45, 7) is 5.63. The van der Waals surface area contributed by atoms with Gasteiger partial charge in [-0.1, -0.05) is 0 Å². The van der Waals surface area contributed by atoms with E-state index in [1.165, 1.54) is 12.3 Å². The standard InChI is InChI=1S/C29H27F5N6O/c1-17-13-19(26-35-15-20-14-21(29(32,33)34)4-5-22(20)36-26)3-6-24(17)39-11-12-40-25(27(39)41)18(2)23(37-40)16-38-9-7-28(30,31)8-10-38/h3-6,13-15H,7-12,16H2,1-2H3. The molecule has 0 radical (unpaired) electrons. The van der Waals surface area contributed by atoms with Crippen LogP contribution in [0.4, 0.5) is 27.6 Å². The molecule has 1 amide bonds. The fourth-order valence-corrected chi connectivity index (χ4v) is 5.53. The molecule has 7 nitrogen and oxygen atoms in total. The van der Waals surface area contributed by atoms with Crippen LogP contribution in [0.2, 0.25) is 0 Å². The first kappa shape index (κ1) is 27.3. The SMILES string of the molecule is Cc1cc(-c2ncc3cc(C(F)(F)F)ccc3n2)ccc1N1CCn2nc(CN3CCC(F)(F)CC3)c(C)c2C1=O. The second-order valence-electron chi connectivity index (χ2n) is 10.7. The number of aryl methyl sites for hydroxylation is 1. The predicted octanol–water partition coefficient (Wildman–Crippen LogP) is 6.02. The van der Waals surface area contributed by atoms with Crippen LogP contribution in [0.25, 0.3) is 22.3 Å². The number of benzene rings is 2. The van der Waals surface area contributed by atoms with Crippen molar-refractivity contribution in [3.8, 4) is 11.4 Å². The number of carbonyl (C=O) groups is 1. The summed E-state index contributed by atoms with van der Waals surface area (Å²) >= 11 is 0. The van der Waals surface area contributed by atoms with Gasteiger partial charge in [0.2, 0.25) is 0 Å². The van der Waals surface area contributed by atoms with E-state index in [0.717, 1.165) is 34.6 Å². The summed E-state index contributed by atoms with van der Waals surface area (Å²) in [6.07, 6.45) is -3.42. The lowest BCUT2D eigenvalue weighted by atomic mass is 10.0. The van der Waals surface area contributed by atoms with E-state index in [4.69, 9.17) is 0 Å². The van der Waals surface area contributed by atoms with Crippen LogP contribution < -0.4 is 4.90 Å². The van der Waals surface area contributed by atoms with Crippen LogP contribution in [0, 0.1) is 13.8 Å². The molecule has 4 heterocycles. The van der Waals surface area contributed by atoms with Gasteiger partial charge in [0.1, 0.15) is 5.69 Å². The van der Waals surface area contributed by atoms with Crippen LogP contribution >= 0.6 is 0 Å². The van der Waals surface area contributed by atoms with Gasteiger partial charge in [0.15, 0.2) is 5.82 Å². The van der Waals surface area contributed by atoms with Crippen LogP contribution in [-0.4, -0.2) is 56.1 Å². The summed E-state index contributed by atoms with van der Waals surface area (Å²) in [7, 11) is 0. The molecule has 0 bridgehead atoms. The van der Waals surface area contributed by atoms with Crippen LogP contribution in [0.3, 0.4) is 0 Å². The largest absolute Gasteiger partial charge is 0.416 e. The molecule has 0 spiro atoms. The molecule has 2 aliphatic rings. The summed E-state index contributed by atoms with van der Waals surface area (Å²) < 4.78 is 68.0. The van der Waals surface area contributed by atoms with E-state index < -0.39 is 17.7 Å². The molecule has 1 fully saturated rings. The summed E-state index contributed by atoms with van der Waals surface area (Å²) in [5, 5.41) is 4.93. The van der Waals surface area contributed by atoms with E-state index in [1.807, 2.05) is 30.9 Å². The quantitative estimate of drug-likeness (QED) is 0.281. The van der Waals surface area contributed by atoms with Crippen LogP contribution in [0.15, 0.2) is 42.6 Å². The Bertz CT molecular complexity index is 1650. The number of fused-ring (bicyclic) bond motifs is 2. The lowest BCUT2D eigenvalue weighted by Crippen LogP contribution is -2.41. The third-order valence-electron chi connectivity index (χ3n) is 7.88. The van der Waals surface area contributed by atoms with Crippen molar-refractivity contribution in [1.82, 2.24) is 24.6 Å². The average Bonchev–Trinajstić information content (AvgIpc) is 3.24. The zero-order valence-corrected chi connectivity index (χ0v) is 22.5. The summed E-state index contributed by atoms with van der Waals surface area (Å²) in [4.78, 5) is 26.0. The molecule has 0 N–H and O–H groups in total. The molecule has 1 saturated heterocycles. The number of carbonyl (C=O) groups excluding carboxylic acids is 1. The summed E-state index contributed by atoms with van der Waals surface area (Å²) in [5.41, 5.74) is 3.82. The Labute approximate surface area is 232 Å². The van der Waals surface area contributed by atoms with Gasteiger partial charge in [-0.05, 0) is 55.8 Å². The number of rotatable bonds is 4. The first-order valence-corrected chi connectivity index (χ1v) is 13.3. The van der Waals surface area contributed by atoms with Gasteiger partial charge in [-0.25, -0.2) is 18.7 Å². The van der Waals surface area contributed by atoms with Gasteiger partial charge in [-0.15, -0.1) is 0 Å². The van der Waals surface area contributed by atoms with Crippen LogP contribution in [0.5, 0.6) is 0 Å². The first-order valence-electron chi connectivity index (χ1n) is 13.3. The van der Waals surface area contributed by atoms with Gasteiger partial charge in [0.05, 0.1) is 23.3 Å². The third-order valence-corrected chi connectivity index (χ3v) is 7.88. The summed E-state index contributed by atoms with van der Waals surface area (Å²) in [5.74, 6) is -2.44. The molecule has 2 aliphatic heterocycles. The summed E-state index contributed by atoms with van der Waals surface area (Å²) in [6, 6.07) is 8.81. The van der Waals surface area contributed by atoms with E-state index in [-0.39, 0.29) is 31.8 Å². The van der Waals surface area contributed by atoms with Gasteiger partial charge < -0.3 is 4.90 Å². The van der Waals surface area contributed by atoms with Crippen molar-refractivity contribution in [2.45, 2.75) is 51.9 Å². The maximum absolute atomic E-state index is 13.6. The number of aromatic nitrogens is 4. The van der Waals surface area contributed by atoms with Gasteiger partial charge in [0.25, 0.3) is 11.8 Å². The molecule has 0 unspecified atom stereocenters. The highest BCUT2D eigenvalue weighted by Crippen LogP contribution is 2.33. The van der Waals surface area contributed by atoms with Gasteiger partial charge in [-0.2, -0.15) is 18.3 Å². The van der Waals surface area contributed by atoms with Crippen molar-refractivity contribution in [1.29, 1.82) is 0 Å². The monoisotopic (exact) mass is 570 g/mol. The molecule has 2 aromatic carbocycles. The zero-order chi connectivity index (χ0) is 29.1. The fourth-order valence-electron chi connectivity index (χ4n) is 5.53. The molecule has 0 aliphatic carbocycles. The topological polar surface area (TPSA) is 67.2 Å². The number of halogens is 5. The molecule has 4 aromatic rings. The average molecular weight is 571 g/mol. The second kappa shape index (κ2) is 9.86. The molecule has 41 heavy (non-hydrogen) atoms. The fraction of sp³-hybridized carbons (Fsp3) is 0.379. The Morgan fingerprint density at radius 2 is 1.73 bits per heavy atom. The van der Waals surface area contributed by atoms with E-state index in [1.54, 1.807) is 15.6 Å². The molecular formula is C29H27F5N6O. The maximum atomic E-state index is 13.6. The molecule has 2 aromatic heterocycles. The Hall–Kier alpha value is -3.93. The van der Waals surface area contributed by atoms with Crippen molar-refractivity contribution in [3.05, 3.63) is 70.7 Å². The highest BCUT2D eigenvalue weighted by Gasteiger charge is 2.36. The highest BCUT2D eigenvalue weighted by molar-refractivity contribution is 6.07. The Kier molecular flexibility index (Phi) is 6.55. The van der Waals surface area contributed by atoms with Crippen LogP contribution in [0.1, 0.15) is 45.7 Å². The van der Waals surface area contributed by atoms with Crippen molar-refractivity contribution in [2.24, 2.45) is 0 Å². The molecule has 12 heteroatoms. The van der Waals surface area contributed by atoms with E-state index in [9.17, 15) is 26.7 Å². The lowest BCUT2D eigenvalue weighted by molar-refractivity contribution is -0.137. The van der Waals surface area contributed by atoms with Crippen LogP contribution in [-0.2, 0) is 19.3 Å². The van der Waals surface area contributed by atoms with Gasteiger partial charge in [0, 0.05) is 67.4 Å². The Morgan fingerprint density at radius 3 is 2.44 bits per heavy atom. The number of hydrogen-bond donors (Lipinski definition) is 0. The normalized spacial score (nSPS) is 17.7.